The summed E-state index contributed by atoms with van der Waals surface area (Å²) < 4.78 is 36.6. The molecule has 0 saturated heterocycles. The molecule has 26 heavy (non-hydrogen) atoms. The van der Waals surface area contributed by atoms with Crippen molar-refractivity contribution in [2.24, 2.45) is 4.99 Å². The highest BCUT2D eigenvalue weighted by molar-refractivity contribution is 7.90. The van der Waals surface area contributed by atoms with Gasteiger partial charge in [0, 0.05) is 24.9 Å². The third-order valence-corrected chi connectivity index (χ3v) is 5.04. The van der Waals surface area contributed by atoms with Crippen LogP contribution in [0.2, 0.25) is 0 Å². The van der Waals surface area contributed by atoms with Crippen LogP contribution in [0.15, 0.2) is 38.6 Å². The number of rotatable bonds is 7. The summed E-state index contributed by atoms with van der Waals surface area (Å²) in [6, 6.07) is 6.62. The van der Waals surface area contributed by atoms with Gasteiger partial charge < -0.3 is 9.15 Å². The number of aromatic nitrogens is 2. The molecule has 0 aliphatic carbocycles. The summed E-state index contributed by atoms with van der Waals surface area (Å²) in [5.41, 5.74) is 0.540. The van der Waals surface area contributed by atoms with E-state index in [1.54, 1.807) is 18.2 Å². The van der Waals surface area contributed by atoms with Crippen molar-refractivity contribution in [2.45, 2.75) is 37.7 Å². The first kappa shape index (κ1) is 18.1. The normalized spacial score (nSPS) is 16.3. The smallest absolute Gasteiger partial charge is 0.306 e. The number of nitrogens with zero attached hydrogens (tertiary/aromatic N) is 3. The van der Waals surface area contributed by atoms with Gasteiger partial charge in [-0.3, -0.25) is 14.5 Å². The summed E-state index contributed by atoms with van der Waals surface area (Å²) in [4.78, 5) is 16.2. The number of hydrogen-bond acceptors (Lipinski definition) is 8. The molecule has 9 nitrogen and oxygen atoms in total. The summed E-state index contributed by atoms with van der Waals surface area (Å²) in [5.74, 6) is 0.638. The zero-order valence-corrected chi connectivity index (χ0v) is 15.0. The highest BCUT2D eigenvalue weighted by atomic mass is 32.2. The molecule has 10 heteroatoms. The number of hydrogen-bond donors (Lipinski definition) is 1. The van der Waals surface area contributed by atoms with Crippen molar-refractivity contribution in [3.8, 4) is 0 Å². The molecule has 0 amide bonds. The summed E-state index contributed by atoms with van der Waals surface area (Å²) in [7, 11) is -3.54. The number of carbonyl (C=O) groups excluding carboxylic acids is 1. The minimum absolute atomic E-state index is 0.0620. The number of sulfonamides is 1. The SMILES string of the molecule is CCc1nnc(COC(=O)CCCN=C2NS(=O)(=O)c3ccccc32)o1. The maximum atomic E-state index is 12.0. The molecule has 0 spiro atoms. The van der Waals surface area contributed by atoms with Crippen LogP contribution in [0.5, 0.6) is 0 Å². The van der Waals surface area contributed by atoms with E-state index in [2.05, 4.69) is 19.9 Å². The molecular formula is C16H18N4O5S. The number of aliphatic imine (C=N–C) groups is 1. The number of nitrogens with one attached hydrogen (secondary N) is 1. The Labute approximate surface area is 150 Å². The first-order valence-electron chi connectivity index (χ1n) is 8.13. The second kappa shape index (κ2) is 7.65. The first-order chi connectivity index (χ1) is 12.5. The van der Waals surface area contributed by atoms with Gasteiger partial charge in [-0.05, 0) is 18.6 Å². The minimum Gasteiger partial charge on any atom is -0.456 e. The fraction of sp³-hybridized carbons (Fsp3) is 0.375. The van der Waals surface area contributed by atoms with Crippen molar-refractivity contribution in [1.29, 1.82) is 0 Å². The fourth-order valence-corrected chi connectivity index (χ4v) is 3.62. The maximum Gasteiger partial charge on any atom is 0.306 e. The Morgan fingerprint density at radius 3 is 2.81 bits per heavy atom. The van der Waals surface area contributed by atoms with Crippen LogP contribution in [0.1, 0.15) is 37.1 Å². The standard InChI is InChI=1S/C16H18N4O5S/c1-2-13-18-19-14(25-13)10-24-15(21)8-5-9-17-16-11-6-3-4-7-12(11)26(22,23)20-16/h3-4,6-7H,2,5,8-10H2,1H3,(H,17,20). The van der Waals surface area contributed by atoms with E-state index in [4.69, 9.17) is 9.15 Å². The zero-order valence-electron chi connectivity index (χ0n) is 14.1. The number of benzene rings is 1. The van der Waals surface area contributed by atoms with Gasteiger partial charge in [0.25, 0.3) is 15.9 Å². The van der Waals surface area contributed by atoms with E-state index in [-0.39, 0.29) is 23.8 Å². The number of carbonyl (C=O) groups is 1. The van der Waals surface area contributed by atoms with E-state index in [1.165, 1.54) is 6.07 Å². The molecule has 2 heterocycles. The highest BCUT2D eigenvalue weighted by Crippen LogP contribution is 2.22. The largest absolute Gasteiger partial charge is 0.456 e. The van der Waals surface area contributed by atoms with Crippen molar-refractivity contribution in [3.05, 3.63) is 41.6 Å². The Kier molecular flexibility index (Phi) is 5.31. The van der Waals surface area contributed by atoms with Crippen molar-refractivity contribution < 1.29 is 22.4 Å². The molecule has 138 valence electrons. The molecule has 1 aromatic heterocycles. The predicted molar refractivity (Wildman–Crippen MR) is 90.9 cm³/mol. The van der Waals surface area contributed by atoms with E-state index in [9.17, 15) is 13.2 Å². The summed E-state index contributed by atoms with van der Waals surface area (Å²) in [6.07, 6.45) is 1.20. The van der Waals surface area contributed by atoms with Gasteiger partial charge in [-0.15, -0.1) is 10.2 Å². The summed E-state index contributed by atoms with van der Waals surface area (Å²) >= 11 is 0. The van der Waals surface area contributed by atoms with E-state index in [0.717, 1.165) is 0 Å². The Balaban J connectivity index is 1.47. The minimum atomic E-state index is -3.54. The molecule has 0 atom stereocenters. The quantitative estimate of drug-likeness (QED) is 0.567. The molecule has 1 aliphatic heterocycles. The van der Waals surface area contributed by atoms with E-state index < -0.39 is 16.0 Å². The average molecular weight is 378 g/mol. The molecule has 0 fully saturated rings. The molecule has 1 aliphatic rings. The van der Waals surface area contributed by atoms with Crippen molar-refractivity contribution >= 4 is 21.8 Å². The van der Waals surface area contributed by atoms with Crippen molar-refractivity contribution in [1.82, 2.24) is 14.9 Å². The second-order valence-corrected chi connectivity index (χ2v) is 7.19. The molecule has 0 radical (unpaired) electrons. The zero-order chi connectivity index (χ0) is 18.6. The van der Waals surface area contributed by atoms with Gasteiger partial charge in [0.2, 0.25) is 5.89 Å². The van der Waals surface area contributed by atoms with E-state index in [1.807, 2.05) is 6.92 Å². The lowest BCUT2D eigenvalue weighted by Gasteiger charge is -2.02. The van der Waals surface area contributed by atoms with Gasteiger partial charge >= 0.3 is 5.97 Å². The van der Waals surface area contributed by atoms with Crippen LogP contribution in [0, 0.1) is 0 Å². The van der Waals surface area contributed by atoms with E-state index >= 15 is 0 Å². The monoisotopic (exact) mass is 378 g/mol. The van der Waals surface area contributed by atoms with Crippen LogP contribution in [-0.4, -0.2) is 37.0 Å². The first-order valence-corrected chi connectivity index (χ1v) is 9.61. The van der Waals surface area contributed by atoms with Crippen LogP contribution in [0.3, 0.4) is 0 Å². The van der Waals surface area contributed by atoms with Crippen LogP contribution >= 0.6 is 0 Å². The summed E-state index contributed by atoms with van der Waals surface area (Å²) in [5, 5.41) is 7.54. The molecule has 1 aromatic carbocycles. The highest BCUT2D eigenvalue weighted by Gasteiger charge is 2.29. The third-order valence-electron chi connectivity index (χ3n) is 3.64. The maximum absolute atomic E-state index is 12.0. The van der Waals surface area contributed by atoms with Crippen LogP contribution in [0.25, 0.3) is 0 Å². The molecule has 0 unspecified atom stereocenters. The number of aryl methyl sites for hydroxylation is 1. The van der Waals surface area contributed by atoms with Crippen molar-refractivity contribution in [2.75, 3.05) is 6.54 Å². The number of fused-ring (bicyclic) bond motifs is 1. The number of esters is 1. The predicted octanol–water partition coefficient (Wildman–Crippen LogP) is 1.19. The third kappa shape index (κ3) is 4.07. The Bertz CT molecular complexity index is 936. The van der Waals surface area contributed by atoms with Gasteiger partial charge in [0.1, 0.15) is 5.84 Å². The molecule has 0 saturated carbocycles. The molecular weight excluding hydrogens is 360 g/mol. The van der Waals surface area contributed by atoms with Gasteiger partial charge in [-0.2, -0.15) is 0 Å². The van der Waals surface area contributed by atoms with Crippen LogP contribution in [0.4, 0.5) is 0 Å². The Morgan fingerprint density at radius 1 is 1.27 bits per heavy atom. The summed E-state index contributed by atoms with van der Waals surface area (Å²) in [6.45, 7) is 2.11. The van der Waals surface area contributed by atoms with Gasteiger partial charge in [0.15, 0.2) is 6.61 Å². The number of ether oxygens (including phenoxy) is 1. The molecule has 3 rings (SSSR count). The second-order valence-electron chi connectivity index (χ2n) is 5.54. The van der Waals surface area contributed by atoms with Crippen LogP contribution < -0.4 is 4.72 Å². The van der Waals surface area contributed by atoms with Gasteiger partial charge in [0.05, 0.1) is 4.90 Å². The lowest BCUT2D eigenvalue weighted by Crippen LogP contribution is -2.22. The fourth-order valence-electron chi connectivity index (χ4n) is 2.37. The molecule has 1 N–H and O–H groups in total. The Morgan fingerprint density at radius 2 is 2.04 bits per heavy atom. The van der Waals surface area contributed by atoms with E-state index in [0.29, 0.717) is 36.7 Å². The lowest BCUT2D eigenvalue weighted by atomic mass is 10.2. The molecule has 2 aromatic rings. The van der Waals surface area contributed by atoms with Crippen LogP contribution in [-0.2, 0) is 32.6 Å². The molecule has 0 bridgehead atoms. The lowest BCUT2D eigenvalue weighted by molar-refractivity contribution is -0.145. The van der Waals surface area contributed by atoms with Crippen molar-refractivity contribution in [3.63, 3.8) is 0 Å². The number of amidine groups is 1. The van der Waals surface area contributed by atoms with Gasteiger partial charge in [-0.1, -0.05) is 19.1 Å². The Hall–Kier alpha value is -2.75. The average Bonchev–Trinajstić information content (AvgIpc) is 3.20. The topological polar surface area (TPSA) is 124 Å². The van der Waals surface area contributed by atoms with Gasteiger partial charge in [-0.25, -0.2) is 8.42 Å².